The monoisotopic (exact) mass is 259 g/mol. The number of nitrogens with one attached hydrogen (secondary N) is 2. The van der Waals surface area contributed by atoms with Crippen molar-refractivity contribution < 1.29 is 10.2 Å². The summed E-state index contributed by atoms with van der Waals surface area (Å²) in [7, 11) is 0. The van der Waals surface area contributed by atoms with Crippen molar-refractivity contribution in [3.63, 3.8) is 0 Å². The number of phenolic OH excluding ortho intramolecular Hbond substituents is 2. The number of aromatic nitrogens is 4. The highest BCUT2D eigenvalue weighted by Gasteiger charge is 2.11. The van der Waals surface area contributed by atoms with E-state index >= 15 is 0 Å². The van der Waals surface area contributed by atoms with Crippen LogP contribution in [0.25, 0.3) is 22.6 Å². The summed E-state index contributed by atoms with van der Waals surface area (Å²) in [5.41, 5.74) is 5.74. The molecule has 0 amide bonds. The van der Waals surface area contributed by atoms with Crippen molar-refractivity contribution in [1.82, 2.24) is 19.9 Å². The summed E-state index contributed by atoms with van der Waals surface area (Å²) in [6, 6.07) is 3.99. The third kappa shape index (κ3) is 1.84. The van der Waals surface area contributed by atoms with Gasteiger partial charge in [0.05, 0.1) is 0 Å². The summed E-state index contributed by atoms with van der Waals surface area (Å²) in [6.07, 6.45) is 0. The fourth-order valence-electron chi connectivity index (χ4n) is 1.79. The topological polar surface area (TPSA) is 141 Å². The number of rotatable bonds is 1. The third-order valence-electron chi connectivity index (χ3n) is 2.56. The zero-order valence-electron chi connectivity index (χ0n) is 9.51. The van der Waals surface area contributed by atoms with E-state index in [1.54, 1.807) is 0 Å². The number of nitrogens with zero attached hydrogens (tertiary/aromatic N) is 2. The van der Waals surface area contributed by atoms with E-state index in [1.165, 1.54) is 18.2 Å². The minimum absolute atomic E-state index is 0.0330. The van der Waals surface area contributed by atoms with Gasteiger partial charge in [0.15, 0.2) is 11.2 Å². The molecule has 0 radical (unpaired) electrons. The maximum Gasteiger partial charge on any atom is 0.278 e. The van der Waals surface area contributed by atoms with Crippen LogP contribution < -0.4 is 11.3 Å². The molecule has 0 aliphatic rings. The first-order chi connectivity index (χ1) is 9.02. The number of nitrogen functional groups attached to an aromatic ring is 1. The van der Waals surface area contributed by atoms with E-state index in [0.29, 0.717) is 11.4 Å². The van der Waals surface area contributed by atoms with Gasteiger partial charge in [0.2, 0.25) is 5.95 Å². The molecule has 0 bridgehead atoms. The van der Waals surface area contributed by atoms with Crippen LogP contribution in [0.15, 0.2) is 23.0 Å². The number of imidazole rings is 1. The van der Waals surface area contributed by atoms with E-state index < -0.39 is 5.56 Å². The van der Waals surface area contributed by atoms with Gasteiger partial charge in [0.25, 0.3) is 5.56 Å². The standard InChI is InChI=1S/C11H9N5O3/c12-11-15-9-7(10(19)16-11)13-8(14-9)4-1-5(17)3-6(18)2-4/h1-3,17-18H,(H4,12,13,14,15,16,19). The molecule has 0 fully saturated rings. The van der Waals surface area contributed by atoms with Gasteiger partial charge in [-0.15, -0.1) is 0 Å². The summed E-state index contributed by atoms with van der Waals surface area (Å²) in [6.45, 7) is 0. The van der Waals surface area contributed by atoms with Crippen molar-refractivity contribution in [2.75, 3.05) is 5.73 Å². The predicted octanol–water partition coefficient (Wildman–Crippen LogP) is 0.307. The molecule has 3 aromatic rings. The summed E-state index contributed by atoms with van der Waals surface area (Å²) in [5, 5.41) is 18.8. The molecule has 0 unspecified atom stereocenters. The molecule has 96 valence electrons. The van der Waals surface area contributed by atoms with Crippen molar-refractivity contribution in [3.05, 3.63) is 28.6 Å². The number of anilines is 1. The largest absolute Gasteiger partial charge is 0.508 e. The minimum Gasteiger partial charge on any atom is -0.508 e. The Bertz CT molecular complexity index is 816. The Morgan fingerprint density at radius 2 is 1.74 bits per heavy atom. The Hall–Kier alpha value is -3.03. The number of phenols is 2. The number of aromatic amines is 2. The number of aromatic hydroxyl groups is 2. The van der Waals surface area contributed by atoms with Crippen LogP contribution in [0, 0.1) is 0 Å². The van der Waals surface area contributed by atoms with Gasteiger partial charge in [0, 0.05) is 11.6 Å². The van der Waals surface area contributed by atoms with Crippen molar-refractivity contribution in [2.24, 2.45) is 0 Å². The van der Waals surface area contributed by atoms with Crippen LogP contribution in [0.5, 0.6) is 11.5 Å². The Balaban J connectivity index is 2.26. The Labute approximate surface area is 105 Å². The Kier molecular flexibility index (Phi) is 2.18. The second kappa shape index (κ2) is 3.73. The lowest BCUT2D eigenvalue weighted by Crippen LogP contribution is -2.10. The lowest BCUT2D eigenvalue weighted by molar-refractivity contribution is 0.451. The average Bonchev–Trinajstić information content (AvgIpc) is 2.71. The molecule has 6 N–H and O–H groups in total. The van der Waals surface area contributed by atoms with Crippen LogP contribution in [0.1, 0.15) is 0 Å². The van der Waals surface area contributed by atoms with Gasteiger partial charge in [-0.3, -0.25) is 9.78 Å². The molecule has 8 heteroatoms. The molecule has 2 heterocycles. The number of nitrogens with two attached hydrogens (primary N) is 1. The molecular formula is C11H9N5O3. The zero-order valence-corrected chi connectivity index (χ0v) is 9.51. The molecule has 2 aromatic heterocycles. The fraction of sp³-hybridized carbons (Fsp3) is 0. The minimum atomic E-state index is -0.439. The van der Waals surface area contributed by atoms with Gasteiger partial charge in [-0.2, -0.15) is 4.98 Å². The molecule has 0 saturated carbocycles. The van der Waals surface area contributed by atoms with E-state index in [1.807, 2.05) is 0 Å². The normalized spacial score (nSPS) is 10.9. The molecule has 0 atom stereocenters. The lowest BCUT2D eigenvalue weighted by Gasteiger charge is -1.99. The predicted molar refractivity (Wildman–Crippen MR) is 67.7 cm³/mol. The first kappa shape index (κ1) is 11.1. The highest BCUT2D eigenvalue weighted by atomic mass is 16.3. The third-order valence-corrected chi connectivity index (χ3v) is 2.56. The summed E-state index contributed by atoms with van der Waals surface area (Å²) in [5.74, 6) is 0.0350. The molecule has 0 aliphatic carbocycles. The van der Waals surface area contributed by atoms with Crippen LogP contribution in [0.4, 0.5) is 5.95 Å². The van der Waals surface area contributed by atoms with Crippen molar-refractivity contribution >= 4 is 17.1 Å². The van der Waals surface area contributed by atoms with Crippen LogP contribution >= 0.6 is 0 Å². The number of H-pyrrole nitrogens is 2. The van der Waals surface area contributed by atoms with Gasteiger partial charge >= 0.3 is 0 Å². The maximum atomic E-state index is 11.6. The SMILES string of the molecule is Nc1nc2nc(-c3cc(O)cc(O)c3)[nH]c2c(=O)[nH]1. The van der Waals surface area contributed by atoms with Gasteiger partial charge in [-0.25, -0.2) is 4.98 Å². The van der Waals surface area contributed by atoms with E-state index in [4.69, 9.17) is 5.73 Å². The van der Waals surface area contributed by atoms with Crippen LogP contribution in [0.3, 0.4) is 0 Å². The van der Waals surface area contributed by atoms with Crippen LogP contribution in [-0.4, -0.2) is 30.1 Å². The number of hydrogen-bond donors (Lipinski definition) is 5. The fourth-order valence-corrected chi connectivity index (χ4v) is 1.79. The Morgan fingerprint density at radius 1 is 1.05 bits per heavy atom. The van der Waals surface area contributed by atoms with Gasteiger partial charge in [-0.05, 0) is 12.1 Å². The number of benzene rings is 1. The summed E-state index contributed by atoms with van der Waals surface area (Å²) >= 11 is 0. The van der Waals surface area contributed by atoms with Crippen molar-refractivity contribution in [2.45, 2.75) is 0 Å². The molecule has 0 saturated heterocycles. The second-order valence-corrected chi connectivity index (χ2v) is 3.97. The Morgan fingerprint density at radius 3 is 2.42 bits per heavy atom. The maximum absolute atomic E-state index is 11.6. The van der Waals surface area contributed by atoms with Crippen molar-refractivity contribution in [1.29, 1.82) is 0 Å². The first-order valence-corrected chi connectivity index (χ1v) is 5.32. The number of hydrogen-bond acceptors (Lipinski definition) is 6. The van der Waals surface area contributed by atoms with Crippen LogP contribution in [0.2, 0.25) is 0 Å². The van der Waals surface area contributed by atoms with Gasteiger partial charge in [0.1, 0.15) is 17.3 Å². The number of fused-ring (bicyclic) bond motifs is 1. The lowest BCUT2D eigenvalue weighted by atomic mass is 10.2. The molecular weight excluding hydrogens is 250 g/mol. The van der Waals surface area contributed by atoms with Crippen molar-refractivity contribution in [3.8, 4) is 22.9 Å². The summed E-state index contributed by atoms with van der Waals surface area (Å²) in [4.78, 5) is 24.7. The highest BCUT2D eigenvalue weighted by Crippen LogP contribution is 2.27. The van der Waals surface area contributed by atoms with E-state index in [-0.39, 0.29) is 28.6 Å². The molecule has 0 spiro atoms. The zero-order chi connectivity index (χ0) is 13.6. The smallest absolute Gasteiger partial charge is 0.278 e. The van der Waals surface area contributed by atoms with E-state index in [0.717, 1.165) is 0 Å². The summed E-state index contributed by atoms with van der Waals surface area (Å²) < 4.78 is 0. The molecule has 8 nitrogen and oxygen atoms in total. The molecule has 1 aromatic carbocycles. The molecule has 0 aliphatic heterocycles. The first-order valence-electron chi connectivity index (χ1n) is 5.32. The van der Waals surface area contributed by atoms with E-state index in [9.17, 15) is 15.0 Å². The highest BCUT2D eigenvalue weighted by molar-refractivity contribution is 5.76. The van der Waals surface area contributed by atoms with Crippen LogP contribution in [-0.2, 0) is 0 Å². The van der Waals surface area contributed by atoms with Gasteiger partial charge < -0.3 is 20.9 Å². The van der Waals surface area contributed by atoms with E-state index in [2.05, 4.69) is 19.9 Å². The molecule has 3 rings (SSSR count). The van der Waals surface area contributed by atoms with Gasteiger partial charge in [-0.1, -0.05) is 0 Å². The molecule has 19 heavy (non-hydrogen) atoms. The second-order valence-electron chi connectivity index (χ2n) is 3.97. The average molecular weight is 259 g/mol. The quantitative estimate of drug-likeness (QED) is 0.425.